The fraction of sp³-hybridized carbons (Fsp3) is 0.632. The number of hydrogen-bond acceptors (Lipinski definition) is 5. The minimum atomic E-state index is -4.56. The van der Waals surface area contributed by atoms with Gasteiger partial charge in [0.15, 0.2) is 6.61 Å². The van der Waals surface area contributed by atoms with E-state index in [-0.39, 0.29) is 36.9 Å². The molecular weight excluding hydrogens is 407 g/mol. The van der Waals surface area contributed by atoms with E-state index < -0.39 is 18.9 Å². The minimum Gasteiger partial charge on any atom is -0.472 e. The number of furan rings is 1. The summed E-state index contributed by atoms with van der Waals surface area (Å²) in [5.74, 6) is -0.529. The van der Waals surface area contributed by atoms with Crippen LogP contribution in [-0.4, -0.2) is 72.7 Å². The van der Waals surface area contributed by atoms with Gasteiger partial charge in [-0.2, -0.15) is 13.2 Å². The van der Waals surface area contributed by atoms with E-state index in [1.807, 2.05) is 0 Å². The van der Waals surface area contributed by atoms with E-state index in [2.05, 4.69) is 10.1 Å². The molecule has 1 N–H and O–H groups in total. The Kier molecular flexibility index (Phi) is 6.88. The van der Waals surface area contributed by atoms with Crippen LogP contribution in [0.15, 0.2) is 23.0 Å². The monoisotopic (exact) mass is 431 g/mol. The molecule has 3 amide bonds. The predicted octanol–water partition coefficient (Wildman–Crippen LogP) is 2.41. The third-order valence-electron chi connectivity index (χ3n) is 5.38. The van der Waals surface area contributed by atoms with Crippen molar-refractivity contribution in [2.75, 3.05) is 32.8 Å². The number of nitrogens with zero attached hydrogens (tertiary/aromatic N) is 2. The maximum Gasteiger partial charge on any atom is 0.422 e. The first-order valence-corrected chi connectivity index (χ1v) is 9.83. The van der Waals surface area contributed by atoms with Crippen LogP contribution in [0, 0.1) is 5.92 Å². The van der Waals surface area contributed by atoms with Crippen LogP contribution >= 0.6 is 0 Å². The Balaban J connectivity index is 1.37. The Morgan fingerprint density at radius 2 is 1.70 bits per heavy atom. The molecule has 11 heteroatoms. The Bertz CT molecular complexity index is 737. The number of piperidine rings is 2. The summed E-state index contributed by atoms with van der Waals surface area (Å²) in [4.78, 5) is 39.4. The normalized spacial score (nSPS) is 18.9. The van der Waals surface area contributed by atoms with E-state index in [1.54, 1.807) is 11.0 Å². The Hall–Kier alpha value is -2.72. The van der Waals surface area contributed by atoms with Crippen molar-refractivity contribution in [3.05, 3.63) is 24.2 Å². The number of amides is 3. The summed E-state index contributed by atoms with van der Waals surface area (Å²) in [6.45, 7) is -0.218. The summed E-state index contributed by atoms with van der Waals surface area (Å²) >= 11 is 0. The van der Waals surface area contributed by atoms with Gasteiger partial charge in [0.05, 0.1) is 11.8 Å². The number of hydrogen-bond donors (Lipinski definition) is 1. The molecule has 1 aromatic rings. The largest absolute Gasteiger partial charge is 0.472 e. The van der Waals surface area contributed by atoms with Gasteiger partial charge in [-0.15, -0.1) is 0 Å². The van der Waals surface area contributed by atoms with Crippen molar-refractivity contribution >= 4 is 17.9 Å². The molecule has 2 aliphatic rings. The molecule has 2 aliphatic heterocycles. The summed E-state index contributed by atoms with van der Waals surface area (Å²) in [5.41, 5.74) is 0.498. The van der Waals surface area contributed by atoms with Crippen LogP contribution < -0.4 is 5.32 Å². The Labute approximate surface area is 171 Å². The van der Waals surface area contributed by atoms with E-state index in [0.29, 0.717) is 44.3 Å². The molecule has 166 valence electrons. The molecule has 30 heavy (non-hydrogen) atoms. The van der Waals surface area contributed by atoms with Crippen molar-refractivity contribution in [1.82, 2.24) is 15.1 Å². The summed E-state index contributed by atoms with van der Waals surface area (Å²) in [5, 5.41) is 2.99. The summed E-state index contributed by atoms with van der Waals surface area (Å²) < 4.78 is 45.6. The second-order valence-corrected chi connectivity index (χ2v) is 7.52. The number of carbonyl (C=O) groups is 3. The first kappa shape index (κ1) is 22.0. The van der Waals surface area contributed by atoms with Crippen LogP contribution in [0.2, 0.25) is 0 Å². The molecular formula is C19H24F3N3O5. The lowest BCUT2D eigenvalue weighted by atomic mass is 9.95. The number of nitrogens with one attached hydrogen (secondary N) is 1. The molecule has 0 spiro atoms. The lowest BCUT2D eigenvalue weighted by molar-refractivity contribution is -0.162. The highest BCUT2D eigenvalue weighted by Gasteiger charge is 2.33. The van der Waals surface area contributed by atoms with Crippen molar-refractivity contribution in [2.24, 2.45) is 5.92 Å². The molecule has 8 nitrogen and oxygen atoms in total. The first-order valence-electron chi connectivity index (χ1n) is 9.83. The number of alkyl halides is 3. The summed E-state index contributed by atoms with van der Waals surface area (Å²) in [6, 6.07) is 1.57. The van der Waals surface area contributed by atoms with Crippen LogP contribution in [-0.2, 0) is 9.53 Å². The second kappa shape index (κ2) is 9.40. The molecule has 2 saturated heterocycles. The van der Waals surface area contributed by atoms with Crippen molar-refractivity contribution in [1.29, 1.82) is 0 Å². The number of halogens is 3. The average molecular weight is 431 g/mol. The zero-order chi connectivity index (χ0) is 21.7. The van der Waals surface area contributed by atoms with Crippen LogP contribution in [0.1, 0.15) is 36.0 Å². The van der Waals surface area contributed by atoms with Crippen molar-refractivity contribution in [2.45, 2.75) is 37.9 Å². The van der Waals surface area contributed by atoms with Gasteiger partial charge in [0.1, 0.15) is 6.26 Å². The molecule has 0 aliphatic carbocycles. The Morgan fingerprint density at radius 1 is 1.07 bits per heavy atom. The molecule has 0 bridgehead atoms. The second-order valence-electron chi connectivity index (χ2n) is 7.52. The number of likely N-dealkylation sites (tertiary alicyclic amines) is 2. The molecule has 3 rings (SSSR count). The van der Waals surface area contributed by atoms with Crippen molar-refractivity contribution < 1.29 is 36.7 Å². The predicted molar refractivity (Wildman–Crippen MR) is 97.5 cm³/mol. The standard InChI is InChI=1S/C19H24F3N3O5/c20-19(21,22)12-30-18(28)25-6-1-13(2-7-25)16(26)23-15-3-8-24(9-4-15)17(27)14-5-10-29-11-14/h5,10-11,13,15H,1-4,6-9,12H2,(H,23,26). The third-order valence-corrected chi connectivity index (χ3v) is 5.38. The molecule has 0 atom stereocenters. The van der Waals surface area contributed by atoms with Crippen LogP contribution in [0.4, 0.5) is 18.0 Å². The number of carbonyl (C=O) groups excluding carboxylic acids is 3. The molecule has 0 saturated carbocycles. The Morgan fingerprint density at radius 3 is 2.27 bits per heavy atom. The van der Waals surface area contributed by atoms with Crippen LogP contribution in [0.3, 0.4) is 0 Å². The van der Waals surface area contributed by atoms with E-state index in [9.17, 15) is 27.6 Å². The smallest absolute Gasteiger partial charge is 0.422 e. The van der Waals surface area contributed by atoms with Gasteiger partial charge in [-0.25, -0.2) is 4.79 Å². The van der Waals surface area contributed by atoms with E-state index in [4.69, 9.17) is 4.42 Å². The first-order chi connectivity index (χ1) is 14.2. The highest BCUT2D eigenvalue weighted by Crippen LogP contribution is 2.21. The summed E-state index contributed by atoms with van der Waals surface area (Å²) in [7, 11) is 0. The maximum absolute atomic E-state index is 12.5. The summed E-state index contributed by atoms with van der Waals surface area (Å²) in [6.07, 6.45) is -0.720. The highest BCUT2D eigenvalue weighted by molar-refractivity contribution is 5.93. The van der Waals surface area contributed by atoms with Gasteiger partial charge in [-0.3, -0.25) is 9.59 Å². The molecule has 0 unspecified atom stereocenters. The molecule has 0 radical (unpaired) electrons. The van der Waals surface area contributed by atoms with Gasteiger partial charge in [0, 0.05) is 38.1 Å². The van der Waals surface area contributed by atoms with Crippen molar-refractivity contribution in [3.63, 3.8) is 0 Å². The van der Waals surface area contributed by atoms with Crippen LogP contribution in [0.25, 0.3) is 0 Å². The average Bonchev–Trinajstić information content (AvgIpc) is 3.26. The van der Waals surface area contributed by atoms with Crippen LogP contribution in [0.5, 0.6) is 0 Å². The SMILES string of the molecule is O=C(NC1CCN(C(=O)c2ccoc2)CC1)C1CCN(C(=O)OCC(F)(F)F)CC1. The van der Waals surface area contributed by atoms with Gasteiger partial charge < -0.3 is 24.3 Å². The molecule has 0 aromatic carbocycles. The molecule has 2 fully saturated rings. The van der Waals surface area contributed by atoms with Gasteiger partial charge in [-0.1, -0.05) is 0 Å². The van der Waals surface area contributed by atoms with Gasteiger partial charge in [0.25, 0.3) is 5.91 Å². The number of ether oxygens (including phenoxy) is 1. The zero-order valence-electron chi connectivity index (χ0n) is 16.3. The maximum atomic E-state index is 12.5. The lowest BCUT2D eigenvalue weighted by Gasteiger charge is -2.34. The third kappa shape index (κ3) is 5.90. The number of rotatable bonds is 4. The van der Waals surface area contributed by atoms with E-state index in [0.717, 1.165) is 0 Å². The molecule has 3 heterocycles. The zero-order valence-corrected chi connectivity index (χ0v) is 16.3. The quantitative estimate of drug-likeness (QED) is 0.791. The van der Waals surface area contributed by atoms with E-state index in [1.165, 1.54) is 17.4 Å². The van der Waals surface area contributed by atoms with E-state index >= 15 is 0 Å². The molecule has 1 aromatic heterocycles. The highest BCUT2D eigenvalue weighted by atomic mass is 19.4. The van der Waals surface area contributed by atoms with Gasteiger partial charge >= 0.3 is 12.3 Å². The minimum absolute atomic E-state index is 0.0410. The fourth-order valence-electron chi connectivity index (χ4n) is 3.67. The lowest BCUT2D eigenvalue weighted by Crippen LogP contribution is -2.49. The fourth-order valence-corrected chi connectivity index (χ4v) is 3.67. The van der Waals surface area contributed by atoms with Gasteiger partial charge in [0.2, 0.25) is 5.91 Å². The van der Waals surface area contributed by atoms with Gasteiger partial charge in [-0.05, 0) is 31.7 Å². The van der Waals surface area contributed by atoms with Crippen molar-refractivity contribution in [3.8, 4) is 0 Å². The topological polar surface area (TPSA) is 92.1 Å².